The van der Waals surface area contributed by atoms with Crippen molar-refractivity contribution in [2.75, 3.05) is 26.2 Å². The zero-order chi connectivity index (χ0) is 11.7. The Kier molecular flexibility index (Phi) is 7.62. The molecule has 0 aromatic carbocycles. The van der Waals surface area contributed by atoms with Crippen LogP contribution in [0.15, 0.2) is 0 Å². The van der Waals surface area contributed by atoms with Crippen LogP contribution in [0.2, 0.25) is 0 Å². The van der Waals surface area contributed by atoms with Crippen LogP contribution >= 0.6 is 0 Å². The lowest BCUT2D eigenvalue weighted by atomic mass is 10.3. The molecular weight excluding hydrogens is 196 g/mol. The quantitative estimate of drug-likeness (QED) is 0.586. The van der Waals surface area contributed by atoms with Gasteiger partial charge in [0.05, 0.1) is 6.42 Å². The van der Waals surface area contributed by atoms with E-state index in [1.165, 1.54) is 0 Å². The lowest BCUT2D eigenvalue weighted by Gasteiger charge is -2.17. The first-order valence-electron chi connectivity index (χ1n) is 5.26. The topological polar surface area (TPSA) is 72.6 Å². The first-order valence-corrected chi connectivity index (χ1v) is 5.26. The molecule has 0 saturated heterocycles. The Morgan fingerprint density at radius 3 is 2.27 bits per heavy atom. The number of nitrogens with zero attached hydrogens (tertiary/aromatic N) is 1. The number of ether oxygens (including phenoxy) is 1. The second-order valence-corrected chi connectivity index (χ2v) is 3.21. The summed E-state index contributed by atoms with van der Waals surface area (Å²) in [6.45, 7) is 7.09. The van der Waals surface area contributed by atoms with Gasteiger partial charge in [0.25, 0.3) is 0 Å². The molecule has 88 valence electrons. The van der Waals surface area contributed by atoms with Crippen molar-refractivity contribution in [1.82, 2.24) is 4.90 Å². The molecule has 0 spiro atoms. The van der Waals surface area contributed by atoms with E-state index >= 15 is 0 Å². The Labute approximate surface area is 90.6 Å². The summed E-state index contributed by atoms with van der Waals surface area (Å²) in [5, 5.41) is 0. The van der Waals surface area contributed by atoms with Crippen molar-refractivity contribution in [1.29, 1.82) is 0 Å². The number of hydrogen-bond donors (Lipinski definition) is 1. The van der Waals surface area contributed by atoms with Crippen LogP contribution in [0.5, 0.6) is 0 Å². The first-order chi connectivity index (χ1) is 7.10. The summed E-state index contributed by atoms with van der Waals surface area (Å²) in [5.41, 5.74) is 4.91. The largest absolute Gasteiger partial charge is 0.464 e. The van der Waals surface area contributed by atoms with E-state index in [2.05, 4.69) is 18.7 Å². The van der Waals surface area contributed by atoms with Crippen LogP contribution in [-0.4, -0.2) is 43.0 Å². The molecule has 5 nitrogen and oxygen atoms in total. The number of rotatable bonds is 8. The number of primary amides is 1. The van der Waals surface area contributed by atoms with Gasteiger partial charge in [-0.1, -0.05) is 13.8 Å². The van der Waals surface area contributed by atoms with Crippen molar-refractivity contribution in [3.8, 4) is 0 Å². The second-order valence-electron chi connectivity index (χ2n) is 3.21. The Hall–Kier alpha value is -1.10. The Balaban J connectivity index is 3.49. The number of hydrogen-bond acceptors (Lipinski definition) is 4. The van der Waals surface area contributed by atoms with Crippen LogP contribution in [0.1, 0.15) is 26.7 Å². The van der Waals surface area contributed by atoms with Gasteiger partial charge in [-0.25, -0.2) is 0 Å². The molecule has 0 unspecified atom stereocenters. The van der Waals surface area contributed by atoms with E-state index in [0.29, 0.717) is 6.61 Å². The third-order valence-electron chi connectivity index (χ3n) is 2.14. The highest BCUT2D eigenvalue weighted by molar-refractivity contribution is 5.79. The number of esters is 1. The standard InChI is InChI=1S/C10H20N2O3/c1-3-12(4-2)7-8-15-10(14)6-5-9(11)13/h3-8H2,1-2H3,(H2,11,13). The predicted molar refractivity (Wildman–Crippen MR) is 57.2 cm³/mol. The van der Waals surface area contributed by atoms with Crippen molar-refractivity contribution in [2.24, 2.45) is 5.73 Å². The SMILES string of the molecule is CCN(CC)CCOC(=O)CCC(N)=O. The molecule has 0 saturated carbocycles. The van der Waals surface area contributed by atoms with Gasteiger partial charge in [-0.05, 0) is 13.1 Å². The van der Waals surface area contributed by atoms with Crippen LogP contribution in [0.4, 0.5) is 0 Å². The zero-order valence-electron chi connectivity index (χ0n) is 9.49. The van der Waals surface area contributed by atoms with E-state index < -0.39 is 5.91 Å². The van der Waals surface area contributed by atoms with Gasteiger partial charge in [-0.2, -0.15) is 0 Å². The minimum absolute atomic E-state index is 0.0596. The Morgan fingerprint density at radius 1 is 1.20 bits per heavy atom. The molecule has 2 N–H and O–H groups in total. The van der Waals surface area contributed by atoms with Crippen LogP contribution < -0.4 is 5.73 Å². The van der Waals surface area contributed by atoms with Crippen LogP contribution in [0.25, 0.3) is 0 Å². The van der Waals surface area contributed by atoms with Crippen molar-refractivity contribution in [3.63, 3.8) is 0 Å². The second kappa shape index (κ2) is 8.23. The molecule has 0 bridgehead atoms. The first kappa shape index (κ1) is 13.9. The summed E-state index contributed by atoms with van der Waals surface area (Å²) in [7, 11) is 0. The molecule has 0 aliphatic heterocycles. The molecule has 0 atom stereocenters. The number of carbonyl (C=O) groups is 2. The smallest absolute Gasteiger partial charge is 0.306 e. The van der Waals surface area contributed by atoms with E-state index in [9.17, 15) is 9.59 Å². The summed E-state index contributed by atoms with van der Waals surface area (Å²) in [4.78, 5) is 23.6. The molecule has 1 amide bonds. The number of carbonyl (C=O) groups excluding carboxylic acids is 2. The fourth-order valence-corrected chi connectivity index (χ4v) is 1.13. The van der Waals surface area contributed by atoms with Crippen molar-refractivity contribution >= 4 is 11.9 Å². The fourth-order valence-electron chi connectivity index (χ4n) is 1.13. The minimum atomic E-state index is -0.476. The highest BCUT2D eigenvalue weighted by atomic mass is 16.5. The van der Waals surface area contributed by atoms with Gasteiger partial charge >= 0.3 is 5.97 Å². The highest BCUT2D eigenvalue weighted by Gasteiger charge is 2.06. The van der Waals surface area contributed by atoms with Gasteiger partial charge < -0.3 is 15.4 Å². The maximum Gasteiger partial charge on any atom is 0.306 e. The van der Waals surface area contributed by atoms with Crippen molar-refractivity contribution in [2.45, 2.75) is 26.7 Å². The van der Waals surface area contributed by atoms with Crippen LogP contribution in [-0.2, 0) is 14.3 Å². The summed E-state index contributed by atoms with van der Waals surface area (Å²) in [5.74, 6) is -0.836. The average Bonchev–Trinajstić information content (AvgIpc) is 2.21. The maximum absolute atomic E-state index is 11.1. The van der Waals surface area contributed by atoms with Gasteiger partial charge in [0, 0.05) is 13.0 Å². The summed E-state index contributed by atoms with van der Waals surface area (Å²) in [6, 6.07) is 0. The minimum Gasteiger partial charge on any atom is -0.464 e. The molecule has 0 aliphatic rings. The van der Waals surface area contributed by atoms with Gasteiger partial charge in [0.1, 0.15) is 6.61 Å². The average molecular weight is 216 g/mol. The van der Waals surface area contributed by atoms with Gasteiger partial charge in [0.15, 0.2) is 0 Å². The number of nitrogens with two attached hydrogens (primary N) is 1. The zero-order valence-corrected chi connectivity index (χ0v) is 9.49. The predicted octanol–water partition coefficient (Wildman–Crippen LogP) is 0.137. The van der Waals surface area contributed by atoms with E-state index in [-0.39, 0.29) is 18.8 Å². The molecule has 15 heavy (non-hydrogen) atoms. The Morgan fingerprint density at radius 2 is 1.80 bits per heavy atom. The third kappa shape index (κ3) is 7.93. The lowest BCUT2D eigenvalue weighted by Crippen LogP contribution is -2.28. The maximum atomic E-state index is 11.1. The lowest BCUT2D eigenvalue weighted by molar-refractivity contribution is -0.145. The fraction of sp³-hybridized carbons (Fsp3) is 0.800. The van der Waals surface area contributed by atoms with E-state index in [1.807, 2.05) is 0 Å². The van der Waals surface area contributed by atoms with Crippen LogP contribution in [0, 0.1) is 0 Å². The van der Waals surface area contributed by atoms with E-state index in [1.54, 1.807) is 0 Å². The molecule has 0 aromatic rings. The molecule has 0 heterocycles. The number of amides is 1. The van der Waals surface area contributed by atoms with Crippen molar-refractivity contribution in [3.05, 3.63) is 0 Å². The summed E-state index contributed by atoms with van der Waals surface area (Å²) in [6.07, 6.45) is 0.137. The molecule has 0 aliphatic carbocycles. The van der Waals surface area contributed by atoms with Gasteiger partial charge in [-0.15, -0.1) is 0 Å². The molecule has 0 rings (SSSR count). The number of likely N-dealkylation sites (N-methyl/N-ethyl adjacent to an activating group) is 1. The summed E-state index contributed by atoms with van der Waals surface area (Å²) >= 11 is 0. The molecular formula is C10H20N2O3. The monoisotopic (exact) mass is 216 g/mol. The van der Waals surface area contributed by atoms with Gasteiger partial charge in [0.2, 0.25) is 5.91 Å². The molecule has 0 fully saturated rings. The third-order valence-corrected chi connectivity index (χ3v) is 2.14. The molecule has 5 heteroatoms. The van der Waals surface area contributed by atoms with E-state index in [4.69, 9.17) is 10.5 Å². The molecule has 0 radical (unpaired) electrons. The highest BCUT2D eigenvalue weighted by Crippen LogP contribution is 1.93. The Bertz CT molecular complexity index is 203. The van der Waals surface area contributed by atoms with Crippen LogP contribution in [0.3, 0.4) is 0 Å². The van der Waals surface area contributed by atoms with Gasteiger partial charge in [-0.3, -0.25) is 9.59 Å². The molecule has 0 aromatic heterocycles. The van der Waals surface area contributed by atoms with Crippen molar-refractivity contribution < 1.29 is 14.3 Å². The van der Waals surface area contributed by atoms with E-state index in [0.717, 1.165) is 19.6 Å². The normalized spacial score (nSPS) is 10.3. The summed E-state index contributed by atoms with van der Waals surface area (Å²) < 4.78 is 4.94.